The van der Waals surface area contributed by atoms with Crippen molar-refractivity contribution in [2.45, 2.75) is 115 Å². The zero-order chi connectivity index (χ0) is 44.7. The summed E-state index contributed by atoms with van der Waals surface area (Å²) in [7, 11) is 3.37. The van der Waals surface area contributed by atoms with Crippen molar-refractivity contribution in [3.8, 4) is 17.6 Å². The van der Waals surface area contributed by atoms with Crippen molar-refractivity contribution in [2.24, 2.45) is 0 Å². The summed E-state index contributed by atoms with van der Waals surface area (Å²) < 4.78 is 5.72. The van der Waals surface area contributed by atoms with Crippen molar-refractivity contribution in [1.29, 1.82) is 0 Å². The number of nitrogens with one attached hydrogen (secondary N) is 4. The van der Waals surface area contributed by atoms with E-state index in [9.17, 15) is 24.0 Å². The van der Waals surface area contributed by atoms with Gasteiger partial charge in [-0.3, -0.25) is 29.3 Å². The molecular formula is C48H60N10O6. The molecule has 1 unspecified atom stereocenters. The second kappa shape index (κ2) is 20.2. The first-order valence-electron chi connectivity index (χ1n) is 23.0. The van der Waals surface area contributed by atoms with Crippen LogP contribution in [0.3, 0.4) is 0 Å². The molecule has 16 heteroatoms. The molecule has 2 atom stereocenters. The molecule has 3 aromatic rings. The fraction of sp³-hybridized carbons (Fsp3) is 0.521. The van der Waals surface area contributed by atoms with E-state index in [0.717, 1.165) is 101 Å². The minimum Gasteiger partial charge on any atom is -0.495 e. The van der Waals surface area contributed by atoms with Crippen molar-refractivity contribution in [2.75, 3.05) is 62.0 Å². The van der Waals surface area contributed by atoms with E-state index in [2.05, 4.69) is 47.9 Å². The van der Waals surface area contributed by atoms with Crippen molar-refractivity contribution in [1.82, 2.24) is 35.7 Å². The zero-order valence-corrected chi connectivity index (χ0v) is 37.2. The van der Waals surface area contributed by atoms with Gasteiger partial charge >= 0.3 is 0 Å². The van der Waals surface area contributed by atoms with Gasteiger partial charge in [0.2, 0.25) is 23.7 Å². The number of benzene rings is 2. The average Bonchev–Trinajstić information content (AvgIpc) is 3.96. The molecule has 1 aromatic heterocycles. The minimum absolute atomic E-state index is 0.0727. The second-order valence-electron chi connectivity index (χ2n) is 17.4. The quantitative estimate of drug-likeness (QED) is 0.0956. The molecule has 1 saturated carbocycles. The van der Waals surface area contributed by atoms with E-state index in [0.29, 0.717) is 60.0 Å². The van der Waals surface area contributed by atoms with Crippen LogP contribution in [-0.2, 0) is 20.9 Å². The fourth-order valence-electron chi connectivity index (χ4n) is 9.79. The van der Waals surface area contributed by atoms with Crippen LogP contribution in [0.5, 0.6) is 5.75 Å². The monoisotopic (exact) mass is 872 g/mol. The van der Waals surface area contributed by atoms with Crippen LogP contribution in [0.1, 0.15) is 116 Å². The molecule has 8 rings (SSSR count). The molecule has 0 radical (unpaired) electrons. The van der Waals surface area contributed by atoms with Gasteiger partial charge < -0.3 is 40.3 Å². The molecule has 5 amide bonds. The number of unbranched alkanes of at least 4 members (excludes halogenated alkanes) is 1. The van der Waals surface area contributed by atoms with E-state index in [1.54, 1.807) is 48.4 Å². The lowest BCUT2D eigenvalue weighted by atomic mass is 10.0. The number of imide groups is 1. The van der Waals surface area contributed by atoms with Crippen LogP contribution >= 0.6 is 0 Å². The predicted octanol–water partition coefficient (Wildman–Crippen LogP) is 4.50. The highest BCUT2D eigenvalue weighted by molar-refractivity contribution is 6.06. The molecule has 64 heavy (non-hydrogen) atoms. The molecule has 0 spiro atoms. The number of anilines is 4. The van der Waals surface area contributed by atoms with Gasteiger partial charge in [-0.15, -0.1) is 0 Å². The number of rotatable bonds is 15. The molecule has 338 valence electrons. The lowest BCUT2D eigenvalue weighted by molar-refractivity contribution is -0.137. The molecule has 0 bridgehead atoms. The standard InChI is InChI=1S/C48H60N10O6/c1-4-38-47(63)55(2)40-29-50-48(54-43(40)58(38)34-14-5-6-15-34)52-37-18-17-32(28-41(37)64-3)44(60)51-33-21-26-56(27-22-33)25-10-9-24-49-23-8-7-12-31-13-11-16-35-36(31)30-57(46(35)62)39-19-20-42(59)53-45(39)61/h11,13,16-18,28-29,33-34,38-39,49H,4-6,8-10,14-15,19-27,30H2,1-3H3,(H,51,60)(H,50,52,54)(H,53,59,61)/t38-,39?/m1/s1. The average molecular weight is 873 g/mol. The van der Waals surface area contributed by atoms with Crippen LogP contribution in [0.2, 0.25) is 0 Å². The summed E-state index contributed by atoms with van der Waals surface area (Å²) in [5.41, 5.74) is 4.09. The summed E-state index contributed by atoms with van der Waals surface area (Å²) in [6.45, 7) is 6.92. The SMILES string of the molecule is CC[C@@H]1C(=O)N(C)c2cnc(Nc3ccc(C(=O)NC4CCN(CCCCNCCC#Cc5cccc6c5CN(C5CCC(=O)NC5=O)C6=O)CC4)cc3OC)nc2N1C1CCCC1. The summed E-state index contributed by atoms with van der Waals surface area (Å²) in [5.74, 6) is 7.18. The van der Waals surface area contributed by atoms with E-state index >= 15 is 0 Å². The summed E-state index contributed by atoms with van der Waals surface area (Å²) in [4.78, 5) is 81.2. The smallest absolute Gasteiger partial charge is 0.255 e. The molecule has 5 heterocycles. The topological polar surface area (TPSA) is 181 Å². The van der Waals surface area contributed by atoms with Gasteiger partial charge in [-0.2, -0.15) is 4.98 Å². The summed E-state index contributed by atoms with van der Waals surface area (Å²) in [5, 5.41) is 12.4. The van der Waals surface area contributed by atoms with Gasteiger partial charge in [-0.1, -0.05) is 37.7 Å². The van der Waals surface area contributed by atoms with E-state index in [-0.39, 0.29) is 48.2 Å². The lowest BCUT2D eigenvalue weighted by Gasteiger charge is -2.43. The molecule has 5 aliphatic rings. The number of hydrogen-bond acceptors (Lipinski definition) is 12. The number of methoxy groups -OCH3 is 1. The molecule has 4 N–H and O–H groups in total. The zero-order valence-electron chi connectivity index (χ0n) is 37.2. The van der Waals surface area contributed by atoms with Crippen LogP contribution in [-0.4, -0.2) is 120 Å². The Labute approximate surface area is 375 Å². The minimum atomic E-state index is -0.640. The number of piperidine rings is 2. The first kappa shape index (κ1) is 44.6. The van der Waals surface area contributed by atoms with Crippen molar-refractivity contribution in [3.05, 3.63) is 64.8 Å². The van der Waals surface area contributed by atoms with Crippen molar-refractivity contribution < 1.29 is 28.7 Å². The number of amides is 5. The first-order chi connectivity index (χ1) is 31.1. The van der Waals surface area contributed by atoms with Crippen LogP contribution in [0.4, 0.5) is 23.1 Å². The molecule has 1 aliphatic carbocycles. The third kappa shape index (κ3) is 9.70. The van der Waals surface area contributed by atoms with Crippen LogP contribution < -0.4 is 35.8 Å². The fourth-order valence-corrected chi connectivity index (χ4v) is 9.79. The number of likely N-dealkylation sites (N-methyl/N-ethyl adjacent to an activating group) is 1. The Hall–Kier alpha value is -6.05. The third-order valence-corrected chi connectivity index (χ3v) is 13.4. The Morgan fingerprint density at radius 2 is 1.81 bits per heavy atom. The molecule has 2 saturated heterocycles. The van der Waals surface area contributed by atoms with Gasteiger partial charge in [-0.25, -0.2) is 4.98 Å². The maximum Gasteiger partial charge on any atom is 0.255 e. The van der Waals surface area contributed by atoms with E-state index in [4.69, 9.17) is 9.72 Å². The number of aromatic nitrogens is 2. The second-order valence-corrected chi connectivity index (χ2v) is 17.4. The number of likely N-dealkylation sites (tertiary alicyclic amines) is 1. The maximum absolute atomic E-state index is 13.4. The van der Waals surface area contributed by atoms with E-state index in [1.807, 2.05) is 25.1 Å². The summed E-state index contributed by atoms with van der Waals surface area (Å²) in [6, 6.07) is 10.3. The Morgan fingerprint density at radius 3 is 2.58 bits per heavy atom. The molecule has 16 nitrogen and oxygen atoms in total. The lowest BCUT2D eigenvalue weighted by Crippen LogP contribution is -2.55. The largest absolute Gasteiger partial charge is 0.495 e. The Morgan fingerprint density at radius 1 is 1.00 bits per heavy atom. The van der Waals surface area contributed by atoms with Gasteiger partial charge in [0.15, 0.2) is 5.82 Å². The van der Waals surface area contributed by atoms with E-state index < -0.39 is 11.9 Å². The van der Waals surface area contributed by atoms with Gasteiger partial charge in [0.25, 0.3) is 11.8 Å². The highest BCUT2D eigenvalue weighted by atomic mass is 16.5. The van der Waals surface area contributed by atoms with Crippen LogP contribution in [0.15, 0.2) is 42.6 Å². The summed E-state index contributed by atoms with van der Waals surface area (Å²) in [6.07, 6.45) is 11.9. The molecule has 4 aliphatic heterocycles. The third-order valence-electron chi connectivity index (χ3n) is 13.4. The molecule has 3 fully saturated rings. The number of ether oxygens (including phenoxy) is 1. The van der Waals surface area contributed by atoms with Gasteiger partial charge in [0.1, 0.15) is 23.5 Å². The Balaban J connectivity index is 0.741. The van der Waals surface area contributed by atoms with E-state index in [1.165, 1.54) is 0 Å². The number of carbonyl (C=O) groups is 5. The summed E-state index contributed by atoms with van der Waals surface area (Å²) >= 11 is 0. The van der Waals surface area contributed by atoms with Gasteiger partial charge in [-0.05, 0) is 100 Å². The normalized spacial score (nSPS) is 20.5. The van der Waals surface area contributed by atoms with Crippen molar-refractivity contribution in [3.63, 3.8) is 0 Å². The Kier molecular flexibility index (Phi) is 14.1. The first-order valence-corrected chi connectivity index (χ1v) is 23.0. The molecule has 2 aromatic carbocycles. The van der Waals surface area contributed by atoms with Crippen molar-refractivity contribution >= 4 is 52.7 Å². The Bertz CT molecular complexity index is 2310. The maximum atomic E-state index is 13.4. The number of hydrogen-bond donors (Lipinski definition) is 4. The predicted molar refractivity (Wildman–Crippen MR) is 244 cm³/mol. The number of nitrogens with zero attached hydrogens (tertiary/aromatic N) is 6. The van der Waals surface area contributed by atoms with Gasteiger partial charge in [0.05, 0.1) is 19.0 Å². The molecular weight excluding hydrogens is 813 g/mol. The highest BCUT2D eigenvalue weighted by Gasteiger charge is 2.42. The van der Waals surface area contributed by atoms with Crippen LogP contribution in [0, 0.1) is 11.8 Å². The number of fused-ring (bicyclic) bond motifs is 2. The van der Waals surface area contributed by atoms with Crippen LogP contribution in [0.25, 0.3) is 0 Å². The number of carbonyl (C=O) groups excluding carboxylic acids is 5. The van der Waals surface area contributed by atoms with Gasteiger partial charge in [0, 0.05) is 74.8 Å². The highest BCUT2D eigenvalue weighted by Crippen LogP contribution is 2.40.